The van der Waals surface area contributed by atoms with E-state index >= 15 is 0 Å². The fourth-order valence-electron chi connectivity index (χ4n) is 2.26. The number of anilines is 1. The molecule has 2 N–H and O–H groups in total. The minimum Gasteiger partial charge on any atom is -0.399 e. The maximum absolute atomic E-state index is 13.8. The van der Waals surface area contributed by atoms with Crippen LogP contribution in [0.3, 0.4) is 0 Å². The molecule has 7 heteroatoms. The summed E-state index contributed by atoms with van der Waals surface area (Å²) in [5, 5.41) is 0. The first-order chi connectivity index (χ1) is 8.84. The number of rotatable bonds is 3. The summed E-state index contributed by atoms with van der Waals surface area (Å²) in [6.07, 6.45) is 0.407. The number of nitrogens with zero attached hydrogens (tertiary/aromatic N) is 1. The van der Waals surface area contributed by atoms with Crippen LogP contribution in [-0.2, 0) is 14.8 Å². The van der Waals surface area contributed by atoms with Gasteiger partial charge < -0.3 is 10.5 Å². The van der Waals surface area contributed by atoms with Crippen molar-refractivity contribution in [1.82, 2.24) is 4.31 Å². The first kappa shape index (κ1) is 14.2. The van der Waals surface area contributed by atoms with E-state index in [2.05, 4.69) is 0 Å². The molecule has 1 aliphatic rings. The molecule has 0 radical (unpaired) electrons. The van der Waals surface area contributed by atoms with Gasteiger partial charge in [-0.05, 0) is 31.5 Å². The zero-order valence-corrected chi connectivity index (χ0v) is 11.7. The molecule has 1 heterocycles. The maximum Gasteiger partial charge on any atom is 0.246 e. The van der Waals surface area contributed by atoms with Crippen molar-refractivity contribution in [3.05, 3.63) is 24.0 Å². The van der Waals surface area contributed by atoms with Gasteiger partial charge in [0.2, 0.25) is 10.0 Å². The molecule has 2 rings (SSSR count). The average Bonchev–Trinajstić information content (AvgIpc) is 2.73. The summed E-state index contributed by atoms with van der Waals surface area (Å²) in [6, 6.07) is 3.30. The lowest BCUT2D eigenvalue weighted by Gasteiger charge is -2.26. The van der Waals surface area contributed by atoms with Gasteiger partial charge in [0.1, 0.15) is 10.7 Å². The molecule has 106 valence electrons. The van der Waals surface area contributed by atoms with Crippen LogP contribution in [0.5, 0.6) is 0 Å². The lowest BCUT2D eigenvalue weighted by atomic mass is 10.2. The van der Waals surface area contributed by atoms with Gasteiger partial charge in [0.15, 0.2) is 0 Å². The number of hydrogen-bond donors (Lipinski definition) is 1. The fourth-order valence-corrected chi connectivity index (χ4v) is 3.75. The Morgan fingerprint density at radius 2 is 2.16 bits per heavy atom. The van der Waals surface area contributed by atoms with Crippen molar-refractivity contribution in [2.75, 3.05) is 19.4 Å². The second-order valence-electron chi connectivity index (χ2n) is 4.64. The lowest BCUT2D eigenvalue weighted by molar-refractivity contribution is 0.102. The highest BCUT2D eigenvalue weighted by Gasteiger charge is 2.36. The van der Waals surface area contributed by atoms with Crippen LogP contribution >= 0.6 is 0 Å². The molecule has 0 bridgehead atoms. The number of likely N-dealkylation sites (N-methyl/N-ethyl adjacent to an activating group) is 1. The van der Waals surface area contributed by atoms with Gasteiger partial charge >= 0.3 is 0 Å². The third-order valence-electron chi connectivity index (χ3n) is 3.42. The Labute approximate surface area is 112 Å². The predicted molar refractivity (Wildman–Crippen MR) is 69.6 cm³/mol. The molecule has 0 amide bonds. The summed E-state index contributed by atoms with van der Waals surface area (Å²) < 4.78 is 45.1. The molecular formula is C12H17FN2O3S. The summed E-state index contributed by atoms with van der Waals surface area (Å²) >= 11 is 0. The molecule has 1 aromatic rings. The monoisotopic (exact) mass is 288 g/mol. The van der Waals surface area contributed by atoms with Crippen LogP contribution in [0.15, 0.2) is 23.1 Å². The molecule has 2 unspecified atom stereocenters. The number of ether oxygens (including phenoxy) is 1. The second kappa shape index (κ2) is 5.07. The van der Waals surface area contributed by atoms with E-state index < -0.39 is 15.8 Å². The third kappa shape index (κ3) is 2.58. The smallest absolute Gasteiger partial charge is 0.246 e. The topological polar surface area (TPSA) is 72.6 Å². The molecule has 1 aliphatic heterocycles. The van der Waals surface area contributed by atoms with Crippen LogP contribution in [-0.4, -0.2) is 38.5 Å². The first-order valence-electron chi connectivity index (χ1n) is 5.98. The zero-order valence-electron chi connectivity index (χ0n) is 10.8. The van der Waals surface area contributed by atoms with Gasteiger partial charge in [0.05, 0.1) is 12.1 Å². The molecule has 1 fully saturated rings. The highest BCUT2D eigenvalue weighted by atomic mass is 32.2. The summed E-state index contributed by atoms with van der Waals surface area (Å²) in [4.78, 5) is -0.358. The number of halogens is 1. The molecule has 0 aliphatic carbocycles. The van der Waals surface area contributed by atoms with E-state index in [-0.39, 0.29) is 22.7 Å². The average molecular weight is 288 g/mol. The Hall–Kier alpha value is -1.18. The van der Waals surface area contributed by atoms with Crippen molar-refractivity contribution in [1.29, 1.82) is 0 Å². The van der Waals surface area contributed by atoms with E-state index in [1.165, 1.54) is 23.5 Å². The Morgan fingerprint density at radius 1 is 1.47 bits per heavy atom. The van der Waals surface area contributed by atoms with Crippen LogP contribution < -0.4 is 5.73 Å². The molecular weight excluding hydrogens is 271 g/mol. The van der Waals surface area contributed by atoms with Gasteiger partial charge in [-0.1, -0.05) is 0 Å². The quantitative estimate of drug-likeness (QED) is 0.848. The number of nitrogens with two attached hydrogens (primary N) is 1. The predicted octanol–water partition coefficient (Wildman–Crippen LogP) is 1.21. The number of nitrogen functional groups attached to an aromatic ring is 1. The van der Waals surface area contributed by atoms with E-state index in [0.29, 0.717) is 13.0 Å². The van der Waals surface area contributed by atoms with Crippen LogP contribution in [0.2, 0.25) is 0 Å². The summed E-state index contributed by atoms with van der Waals surface area (Å²) in [5.41, 5.74) is 5.61. The van der Waals surface area contributed by atoms with Crippen molar-refractivity contribution in [3.63, 3.8) is 0 Å². The van der Waals surface area contributed by atoms with Gasteiger partial charge in [-0.25, -0.2) is 12.8 Å². The normalized spacial score (nSPS) is 24.0. The highest BCUT2D eigenvalue weighted by molar-refractivity contribution is 7.89. The molecule has 0 saturated carbocycles. The summed E-state index contributed by atoms with van der Waals surface area (Å²) in [7, 11) is -2.43. The molecule has 0 aromatic heterocycles. The molecule has 2 atom stereocenters. The van der Waals surface area contributed by atoms with Crippen LogP contribution in [0.25, 0.3) is 0 Å². The molecule has 5 nitrogen and oxygen atoms in total. The van der Waals surface area contributed by atoms with Gasteiger partial charge in [-0.15, -0.1) is 0 Å². The lowest BCUT2D eigenvalue weighted by Crippen LogP contribution is -2.41. The van der Waals surface area contributed by atoms with Crippen molar-refractivity contribution in [2.45, 2.75) is 30.4 Å². The van der Waals surface area contributed by atoms with Gasteiger partial charge in [0, 0.05) is 19.3 Å². The Bertz CT molecular complexity index is 576. The van der Waals surface area contributed by atoms with E-state index in [9.17, 15) is 12.8 Å². The van der Waals surface area contributed by atoms with Crippen molar-refractivity contribution < 1.29 is 17.5 Å². The Morgan fingerprint density at radius 3 is 2.68 bits per heavy atom. The van der Waals surface area contributed by atoms with Crippen LogP contribution in [0.4, 0.5) is 10.1 Å². The summed E-state index contributed by atoms with van der Waals surface area (Å²) in [5.74, 6) is -0.835. The molecule has 1 aromatic carbocycles. The fraction of sp³-hybridized carbons (Fsp3) is 0.500. The van der Waals surface area contributed by atoms with Crippen molar-refractivity contribution in [3.8, 4) is 0 Å². The van der Waals surface area contributed by atoms with E-state index in [1.807, 2.05) is 6.92 Å². The minimum atomic E-state index is -3.88. The SMILES string of the molecule is CC1OCCC1N(C)S(=O)(=O)c1ccc(N)cc1F. The molecule has 0 spiro atoms. The zero-order chi connectivity index (χ0) is 14.2. The molecule has 19 heavy (non-hydrogen) atoms. The molecule has 1 saturated heterocycles. The summed E-state index contributed by atoms with van der Waals surface area (Å²) in [6.45, 7) is 2.32. The Balaban J connectivity index is 2.36. The number of benzene rings is 1. The van der Waals surface area contributed by atoms with Gasteiger partial charge in [0.25, 0.3) is 0 Å². The first-order valence-corrected chi connectivity index (χ1v) is 7.42. The maximum atomic E-state index is 13.8. The van der Waals surface area contributed by atoms with E-state index in [0.717, 1.165) is 6.07 Å². The third-order valence-corrected chi connectivity index (χ3v) is 5.33. The van der Waals surface area contributed by atoms with Crippen LogP contribution in [0, 0.1) is 5.82 Å². The highest BCUT2D eigenvalue weighted by Crippen LogP contribution is 2.26. The Kier molecular flexibility index (Phi) is 3.80. The largest absolute Gasteiger partial charge is 0.399 e. The van der Waals surface area contributed by atoms with E-state index in [4.69, 9.17) is 10.5 Å². The van der Waals surface area contributed by atoms with Gasteiger partial charge in [-0.2, -0.15) is 4.31 Å². The second-order valence-corrected chi connectivity index (χ2v) is 6.61. The number of hydrogen-bond acceptors (Lipinski definition) is 4. The number of sulfonamides is 1. The van der Waals surface area contributed by atoms with Crippen molar-refractivity contribution in [2.24, 2.45) is 0 Å². The van der Waals surface area contributed by atoms with Crippen molar-refractivity contribution >= 4 is 15.7 Å². The van der Waals surface area contributed by atoms with E-state index in [1.54, 1.807) is 0 Å². The standard InChI is InChI=1S/C12H17FN2O3S/c1-8-11(5-6-18-8)15(2)19(16,17)12-4-3-9(14)7-10(12)13/h3-4,7-8,11H,5-6,14H2,1-2H3. The minimum absolute atomic E-state index is 0.191. The van der Waals surface area contributed by atoms with Crippen LogP contribution in [0.1, 0.15) is 13.3 Å². The van der Waals surface area contributed by atoms with Gasteiger partial charge in [-0.3, -0.25) is 0 Å².